The Bertz CT molecular complexity index is 889. The number of anilines is 1. The molecule has 0 radical (unpaired) electrons. The number of furan rings is 1. The zero-order valence-corrected chi connectivity index (χ0v) is 14.5. The molecule has 4 rings (SSSR count). The van der Waals surface area contributed by atoms with Gasteiger partial charge in [0.05, 0.1) is 18.3 Å². The summed E-state index contributed by atoms with van der Waals surface area (Å²) in [5, 5.41) is 14.1. The first kappa shape index (κ1) is 16.5. The highest BCUT2D eigenvalue weighted by Gasteiger charge is 2.31. The summed E-state index contributed by atoms with van der Waals surface area (Å²) in [5.41, 5.74) is 1.52. The van der Waals surface area contributed by atoms with Gasteiger partial charge < -0.3 is 9.73 Å². The minimum Gasteiger partial charge on any atom is -0.465 e. The van der Waals surface area contributed by atoms with E-state index in [2.05, 4.69) is 25.7 Å². The second kappa shape index (κ2) is 7.09. The van der Waals surface area contributed by atoms with Gasteiger partial charge in [0.25, 0.3) is 0 Å². The monoisotopic (exact) mass is 352 g/mol. The summed E-state index contributed by atoms with van der Waals surface area (Å²) in [6.07, 6.45) is 3.37. The second-order valence-corrected chi connectivity index (χ2v) is 6.43. The van der Waals surface area contributed by atoms with Crippen LogP contribution in [0.2, 0.25) is 0 Å². The van der Waals surface area contributed by atoms with Crippen molar-refractivity contribution < 1.29 is 9.21 Å². The number of aryl methyl sites for hydroxylation is 1. The van der Waals surface area contributed by atoms with E-state index in [1.807, 2.05) is 43.3 Å². The molecule has 134 valence electrons. The van der Waals surface area contributed by atoms with E-state index in [-0.39, 0.29) is 11.9 Å². The van der Waals surface area contributed by atoms with E-state index < -0.39 is 0 Å². The zero-order valence-electron chi connectivity index (χ0n) is 14.5. The molecular formula is C18H20N6O2. The van der Waals surface area contributed by atoms with E-state index in [9.17, 15) is 4.79 Å². The number of likely N-dealkylation sites (tertiary alicyclic amines) is 1. The van der Waals surface area contributed by atoms with Crippen LogP contribution in [0.25, 0.3) is 5.69 Å². The van der Waals surface area contributed by atoms with E-state index in [4.69, 9.17) is 4.42 Å². The van der Waals surface area contributed by atoms with Crippen LogP contribution in [0.3, 0.4) is 0 Å². The number of nitrogens with one attached hydrogen (secondary N) is 1. The topological polar surface area (TPSA) is 89.1 Å². The number of nitrogens with zero attached hydrogens (tertiary/aromatic N) is 5. The molecule has 1 amide bonds. The van der Waals surface area contributed by atoms with Gasteiger partial charge in [0, 0.05) is 5.69 Å². The third-order valence-electron chi connectivity index (χ3n) is 4.55. The number of hydrogen-bond acceptors (Lipinski definition) is 6. The number of amides is 1. The summed E-state index contributed by atoms with van der Waals surface area (Å²) in [7, 11) is 0. The molecule has 0 unspecified atom stereocenters. The number of rotatable bonds is 5. The molecule has 1 aliphatic heterocycles. The van der Waals surface area contributed by atoms with Crippen molar-refractivity contribution in [2.45, 2.75) is 32.4 Å². The normalized spacial score (nSPS) is 17.5. The second-order valence-electron chi connectivity index (χ2n) is 6.43. The van der Waals surface area contributed by atoms with Crippen LogP contribution in [0, 0.1) is 6.92 Å². The predicted octanol–water partition coefficient (Wildman–Crippen LogP) is 2.17. The maximum Gasteiger partial charge on any atom is 0.241 e. The van der Waals surface area contributed by atoms with Crippen LogP contribution in [0.15, 0.2) is 47.1 Å². The largest absolute Gasteiger partial charge is 0.465 e. The molecule has 1 aliphatic rings. The van der Waals surface area contributed by atoms with Gasteiger partial charge in [0.15, 0.2) is 0 Å². The van der Waals surface area contributed by atoms with Crippen LogP contribution in [0.5, 0.6) is 0 Å². The van der Waals surface area contributed by atoms with Crippen LogP contribution in [0.4, 0.5) is 5.69 Å². The summed E-state index contributed by atoms with van der Waals surface area (Å²) in [6.45, 7) is 3.47. The maximum absolute atomic E-state index is 12.8. The average molecular weight is 352 g/mol. The van der Waals surface area contributed by atoms with Crippen LogP contribution in [0.1, 0.15) is 24.4 Å². The minimum absolute atomic E-state index is 0.000330. The molecule has 1 atom stereocenters. The molecule has 0 aliphatic carbocycles. The van der Waals surface area contributed by atoms with Gasteiger partial charge in [-0.1, -0.05) is 6.07 Å². The van der Waals surface area contributed by atoms with Crippen molar-refractivity contribution >= 4 is 11.6 Å². The maximum atomic E-state index is 12.8. The molecule has 0 saturated carbocycles. The Balaban J connectivity index is 1.44. The Morgan fingerprint density at radius 1 is 1.35 bits per heavy atom. The number of carbonyl (C=O) groups excluding carboxylic acids is 1. The quantitative estimate of drug-likeness (QED) is 0.757. The van der Waals surface area contributed by atoms with Crippen molar-refractivity contribution in [1.82, 2.24) is 25.1 Å². The highest BCUT2D eigenvalue weighted by molar-refractivity contribution is 5.95. The lowest BCUT2D eigenvalue weighted by atomic mass is 10.2. The van der Waals surface area contributed by atoms with Gasteiger partial charge >= 0.3 is 0 Å². The SMILES string of the molecule is Cc1ccc(CN2CCC[C@@H]2C(=O)Nc2cccc(-n3cnnn3)c2)o1. The van der Waals surface area contributed by atoms with E-state index in [1.165, 1.54) is 6.33 Å². The fourth-order valence-electron chi connectivity index (χ4n) is 3.31. The molecule has 3 heterocycles. The fourth-order valence-corrected chi connectivity index (χ4v) is 3.31. The molecule has 8 nitrogen and oxygen atoms in total. The van der Waals surface area contributed by atoms with Crippen molar-refractivity contribution in [2.75, 3.05) is 11.9 Å². The van der Waals surface area contributed by atoms with Crippen LogP contribution in [-0.2, 0) is 11.3 Å². The predicted molar refractivity (Wildman–Crippen MR) is 94.7 cm³/mol. The zero-order chi connectivity index (χ0) is 17.9. The number of hydrogen-bond donors (Lipinski definition) is 1. The molecule has 8 heteroatoms. The molecule has 1 N–H and O–H groups in total. The first-order chi connectivity index (χ1) is 12.7. The molecule has 1 aromatic carbocycles. The summed E-state index contributed by atoms with van der Waals surface area (Å²) in [5.74, 6) is 1.78. The molecule has 2 aromatic heterocycles. The fraction of sp³-hybridized carbons (Fsp3) is 0.333. The smallest absolute Gasteiger partial charge is 0.241 e. The van der Waals surface area contributed by atoms with E-state index in [0.29, 0.717) is 6.54 Å². The number of carbonyl (C=O) groups is 1. The summed E-state index contributed by atoms with van der Waals surface area (Å²) in [6, 6.07) is 11.2. The number of aromatic nitrogens is 4. The van der Waals surface area contributed by atoms with Crippen molar-refractivity contribution in [2.24, 2.45) is 0 Å². The van der Waals surface area contributed by atoms with E-state index in [0.717, 1.165) is 42.3 Å². The lowest BCUT2D eigenvalue weighted by molar-refractivity contribution is -0.120. The van der Waals surface area contributed by atoms with Crippen LogP contribution >= 0.6 is 0 Å². The third kappa shape index (κ3) is 3.50. The van der Waals surface area contributed by atoms with Crippen molar-refractivity contribution in [3.8, 4) is 5.69 Å². The summed E-state index contributed by atoms with van der Waals surface area (Å²) in [4.78, 5) is 15.0. The molecule has 0 bridgehead atoms. The highest BCUT2D eigenvalue weighted by Crippen LogP contribution is 2.23. The Kier molecular flexibility index (Phi) is 4.49. The molecule has 26 heavy (non-hydrogen) atoms. The Morgan fingerprint density at radius 3 is 3.04 bits per heavy atom. The Morgan fingerprint density at radius 2 is 2.27 bits per heavy atom. The minimum atomic E-state index is -0.155. The van der Waals surface area contributed by atoms with Gasteiger partial charge in [-0.2, -0.15) is 0 Å². The number of benzene rings is 1. The molecular weight excluding hydrogens is 332 g/mol. The van der Waals surface area contributed by atoms with E-state index >= 15 is 0 Å². The summed E-state index contributed by atoms with van der Waals surface area (Å²) < 4.78 is 7.21. The first-order valence-electron chi connectivity index (χ1n) is 8.63. The number of tetrazole rings is 1. The Hall–Kier alpha value is -3.00. The third-order valence-corrected chi connectivity index (χ3v) is 4.55. The van der Waals surface area contributed by atoms with Gasteiger partial charge in [-0.25, -0.2) is 4.68 Å². The first-order valence-corrected chi connectivity index (χ1v) is 8.63. The van der Waals surface area contributed by atoms with Gasteiger partial charge in [-0.15, -0.1) is 5.10 Å². The molecule has 3 aromatic rings. The van der Waals surface area contributed by atoms with Crippen molar-refractivity contribution in [3.05, 3.63) is 54.2 Å². The van der Waals surface area contributed by atoms with Gasteiger partial charge in [-0.3, -0.25) is 9.69 Å². The van der Waals surface area contributed by atoms with Gasteiger partial charge in [0.1, 0.15) is 17.8 Å². The molecule has 0 spiro atoms. The molecule has 1 fully saturated rings. The lowest BCUT2D eigenvalue weighted by Gasteiger charge is -2.22. The van der Waals surface area contributed by atoms with Crippen molar-refractivity contribution in [1.29, 1.82) is 0 Å². The highest BCUT2D eigenvalue weighted by atomic mass is 16.3. The summed E-state index contributed by atoms with van der Waals surface area (Å²) >= 11 is 0. The van der Waals surface area contributed by atoms with Crippen LogP contribution in [-0.4, -0.2) is 43.6 Å². The van der Waals surface area contributed by atoms with E-state index in [1.54, 1.807) is 4.68 Å². The van der Waals surface area contributed by atoms with Crippen LogP contribution < -0.4 is 5.32 Å². The van der Waals surface area contributed by atoms with Crippen molar-refractivity contribution in [3.63, 3.8) is 0 Å². The van der Waals surface area contributed by atoms with Gasteiger partial charge in [-0.05, 0) is 67.1 Å². The standard InChI is InChI=1S/C18H20N6O2/c1-13-7-8-16(26-13)11-23-9-3-6-17(23)18(25)20-14-4-2-5-15(10-14)24-12-19-21-22-24/h2,4-5,7-8,10,12,17H,3,6,9,11H2,1H3,(H,20,25)/t17-/m1/s1. The lowest BCUT2D eigenvalue weighted by Crippen LogP contribution is -2.39. The Labute approximate surface area is 150 Å². The van der Waals surface area contributed by atoms with Gasteiger partial charge in [0.2, 0.25) is 5.91 Å². The molecule has 1 saturated heterocycles. The average Bonchev–Trinajstić information content (AvgIpc) is 3.37.